The Morgan fingerprint density at radius 2 is 1.90 bits per heavy atom. The van der Waals surface area contributed by atoms with Gasteiger partial charge in [0.25, 0.3) is 5.91 Å². The highest BCUT2D eigenvalue weighted by Crippen LogP contribution is 2.43. The molecule has 0 saturated heterocycles. The fourth-order valence-electron chi connectivity index (χ4n) is 2.90. The van der Waals surface area contributed by atoms with Crippen LogP contribution in [0.2, 0.25) is 0 Å². The molecule has 0 fully saturated rings. The third kappa shape index (κ3) is 1.49. The number of carbonyl (C=O) groups is 1. The monoisotopic (exact) mass is 282 g/mol. The highest BCUT2D eigenvalue weighted by molar-refractivity contribution is 6.09. The minimum absolute atomic E-state index is 0.234. The summed E-state index contributed by atoms with van der Waals surface area (Å²) in [6.45, 7) is 0. The number of rotatable bonds is 1. The lowest BCUT2D eigenvalue weighted by atomic mass is 9.87. The molecule has 4 rings (SSSR count). The smallest absolute Gasteiger partial charge is 0.265 e. The van der Waals surface area contributed by atoms with Gasteiger partial charge >= 0.3 is 0 Å². The van der Waals surface area contributed by atoms with E-state index < -0.39 is 17.3 Å². The van der Waals surface area contributed by atoms with Crippen LogP contribution in [0, 0.1) is 5.82 Å². The number of carbonyl (C=O) groups excluding carboxylic acids is 1. The van der Waals surface area contributed by atoms with Crippen molar-refractivity contribution < 1.29 is 14.3 Å². The second kappa shape index (κ2) is 3.93. The van der Waals surface area contributed by atoms with Gasteiger partial charge in [0, 0.05) is 33.9 Å². The summed E-state index contributed by atoms with van der Waals surface area (Å²) in [5, 5.41) is 14.3. The third-order valence-corrected chi connectivity index (χ3v) is 3.93. The number of hydrogen-bond acceptors (Lipinski definition) is 2. The van der Waals surface area contributed by atoms with Crippen LogP contribution in [0.5, 0.6) is 0 Å². The van der Waals surface area contributed by atoms with Crippen molar-refractivity contribution in [2.75, 3.05) is 5.32 Å². The van der Waals surface area contributed by atoms with E-state index in [0.717, 1.165) is 10.9 Å². The Bertz CT molecular complexity index is 887. The number of para-hydroxylation sites is 1. The van der Waals surface area contributed by atoms with Gasteiger partial charge in [0.05, 0.1) is 0 Å². The molecule has 1 aliphatic rings. The number of H-pyrrole nitrogens is 1. The molecule has 0 spiro atoms. The Hall–Kier alpha value is -2.66. The zero-order chi connectivity index (χ0) is 14.6. The van der Waals surface area contributed by atoms with Crippen LogP contribution >= 0.6 is 0 Å². The maximum atomic E-state index is 13.5. The predicted molar refractivity (Wildman–Crippen MR) is 76.3 cm³/mol. The molecule has 0 bridgehead atoms. The molecular weight excluding hydrogens is 271 g/mol. The number of amides is 1. The van der Waals surface area contributed by atoms with Crippen LogP contribution in [0.4, 0.5) is 10.1 Å². The van der Waals surface area contributed by atoms with Gasteiger partial charge in [0.1, 0.15) is 5.82 Å². The number of benzene rings is 2. The Morgan fingerprint density at radius 3 is 2.76 bits per heavy atom. The van der Waals surface area contributed by atoms with Gasteiger partial charge in [-0.05, 0) is 24.3 Å². The van der Waals surface area contributed by atoms with Crippen molar-refractivity contribution >= 4 is 22.5 Å². The molecule has 1 amide bonds. The standard InChI is InChI=1S/C16H11FN2O2/c17-9-5-6-14-11(7-9)16(21,15(20)19-14)12-8-18-13-4-2-1-3-10(12)13/h1-8,18,21H,(H,19,20)/t16-/m1/s1. The average molecular weight is 282 g/mol. The van der Waals surface area contributed by atoms with Crippen LogP contribution in [0.15, 0.2) is 48.7 Å². The van der Waals surface area contributed by atoms with Crippen molar-refractivity contribution in [2.45, 2.75) is 5.60 Å². The lowest BCUT2D eigenvalue weighted by Gasteiger charge is -2.20. The van der Waals surface area contributed by atoms with Gasteiger partial charge in [-0.2, -0.15) is 0 Å². The normalized spacial score (nSPS) is 20.6. The Labute approximate surface area is 119 Å². The van der Waals surface area contributed by atoms with E-state index in [9.17, 15) is 14.3 Å². The fraction of sp³-hybridized carbons (Fsp3) is 0.0625. The van der Waals surface area contributed by atoms with E-state index >= 15 is 0 Å². The van der Waals surface area contributed by atoms with Gasteiger partial charge in [-0.1, -0.05) is 18.2 Å². The molecule has 2 aromatic carbocycles. The average Bonchev–Trinajstić information content (AvgIpc) is 3.01. The molecule has 2 heterocycles. The summed E-state index contributed by atoms with van der Waals surface area (Å²) in [6, 6.07) is 11.2. The first-order chi connectivity index (χ1) is 10.1. The molecule has 3 aromatic rings. The van der Waals surface area contributed by atoms with Gasteiger partial charge in [0.15, 0.2) is 5.60 Å². The van der Waals surface area contributed by atoms with Crippen molar-refractivity contribution in [1.29, 1.82) is 0 Å². The van der Waals surface area contributed by atoms with E-state index in [1.807, 2.05) is 24.3 Å². The molecule has 0 radical (unpaired) electrons. The molecule has 5 heteroatoms. The number of aromatic nitrogens is 1. The number of hydrogen-bond donors (Lipinski definition) is 3. The summed E-state index contributed by atoms with van der Waals surface area (Å²) in [6.07, 6.45) is 1.59. The zero-order valence-electron chi connectivity index (χ0n) is 10.9. The first kappa shape index (κ1) is 12.1. The largest absolute Gasteiger partial charge is 0.372 e. The van der Waals surface area contributed by atoms with Crippen molar-refractivity contribution in [3.05, 3.63) is 65.6 Å². The number of nitrogens with one attached hydrogen (secondary N) is 2. The number of fused-ring (bicyclic) bond motifs is 2. The Balaban J connectivity index is 2.03. The summed E-state index contributed by atoms with van der Waals surface area (Å²) in [5.74, 6) is -1.07. The molecule has 0 aliphatic carbocycles. The molecule has 4 nitrogen and oxygen atoms in total. The SMILES string of the molecule is O=C1Nc2ccc(F)cc2[C@@]1(O)c1c[nH]c2ccccc12. The lowest BCUT2D eigenvalue weighted by Crippen LogP contribution is -2.35. The highest BCUT2D eigenvalue weighted by atomic mass is 19.1. The van der Waals surface area contributed by atoms with Crippen molar-refractivity contribution in [1.82, 2.24) is 4.98 Å². The number of aromatic amines is 1. The predicted octanol–water partition coefficient (Wildman–Crippen LogP) is 2.50. The van der Waals surface area contributed by atoms with Gasteiger partial charge in [-0.25, -0.2) is 4.39 Å². The van der Waals surface area contributed by atoms with Crippen molar-refractivity contribution in [3.63, 3.8) is 0 Å². The van der Waals surface area contributed by atoms with Crippen LogP contribution in [0.3, 0.4) is 0 Å². The minimum atomic E-state index is -1.89. The highest BCUT2D eigenvalue weighted by Gasteiger charge is 2.48. The number of anilines is 1. The molecular formula is C16H11FN2O2. The summed E-state index contributed by atoms with van der Waals surface area (Å²) in [7, 11) is 0. The van der Waals surface area contributed by atoms with Crippen LogP contribution < -0.4 is 5.32 Å². The maximum absolute atomic E-state index is 13.5. The Morgan fingerprint density at radius 1 is 1.10 bits per heavy atom. The van der Waals surface area contributed by atoms with Crippen LogP contribution in [0.1, 0.15) is 11.1 Å². The summed E-state index contributed by atoms with van der Waals surface area (Å²) < 4.78 is 13.5. The second-order valence-electron chi connectivity index (χ2n) is 5.10. The van der Waals surface area contributed by atoms with E-state index in [2.05, 4.69) is 10.3 Å². The van der Waals surface area contributed by atoms with E-state index in [1.54, 1.807) is 6.20 Å². The van der Waals surface area contributed by atoms with E-state index in [0.29, 0.717) is 11.3 Å². The first-order valence-electron chi connectivity index (χ1n) is 6.51. The summed E-state index contributed by atoms with van der Waals surface area (Å²) in [4.78, 5) is 15.3. The maximum Gasteiger partial charge on any atom is 0.265 e. The van der Waals surface area contributed by atoms with E-state index in [1.165, 1.54) is 18.2 Å². The van der Waals surface area contributed by atoms with Crippen molar-refractivity contribution in [3.8, 4) is 0 Å². The number of halogens is 1. The quantitative estimate of drug-likeness (QED) is 0.642. The van der Waals surface area contributed by atoms with Gasteiger partial charge in [0.2, 0.25) is 0 Å². The first-order valence-corrected chi connectivity index (χ1v) is 6.51. The molecule has 1 aromatic heterocycles. The molecule has 21 heavy (non-hydrogen) atoms. The second-order valence-corrected chi connectivity index (χ2v) is 5.10. The Kier molecular flexibility index (Phi) is 2.26. The van der Waals surface area contributed by atoms with Gasteiger partial charge in [-0.3, -0.25) is 4.79 Å². The van der Waals surface area contributed by atoms with E-state index in [4.69, 9.17) is 0 Å². The van der Waals surface area contributed by atoms with Gasteiger partial charge in [-0.15, -0.1) is 0 Å². The van der Waals surface area contributed by atoms with Gasteiger partial charge < -0.3 is 15.4 Å². The molecule has 104 valence electrons. The zero-order valence-corrected chi connectivity index (χ0v) is 10.9. The van der Waals surface area contributed by atoms with Crippen LogP contribution in [-0.4, -0.2) is 16.0 Å². The molecule has 0 unspecified atom stereocenters. The number of aliphatic hydroxyl groups is 1. The summed E-state index contributed by atoms with van der Waals surface area (Å²) in [5.41, 5.74) is -0.0122. The third-order valence-electron chi connectivity index (χ3n) is 3.93. The molecule has 1 atom stereocenters. The summed E-state index contributed by atoms with van der Waals surface area (Å²) >= 11 is 0. The fourth-order valence-corrected chi connectivity index (χ4v) is 2.90. The topological polar surface area (TPSA) is 65.1 Å². The molecule has 0 saturated carbocycles. The molecule has 3 N–H and O–H groups in total. The lowest BCUT2D eigenvalue weighted by molar-refractivity contribution is -0.129. The van der Waals surface area contributed by atoms with Crippen molar-refractivity contribution in [2.24, 2.45) is 0 Å². The van der Waals surface area contributed by atoms with Crippen LogP contribution in [0.25, 0.3) is 10.9 Å². The molecule has 1 aliphatic heterocycles. The van der Waals surface area contributed by atoms with E-state index in [-0.39, 0.29) is 5.56 Å². The van der Waals surface area contributed by atoms with Crippen LogP contribution in [-0.2, 0) is 10.4 Å². The minimum Gasteiger partial charge on any atom is -0.372 e.